The van der Waals surface area contributed by atoms with Crippen molar-refractivity contribution in [2.75, 3.05) is 11.8 Å². The van der Waals surface area contributed by atoms with E-state index in [0.29, 0.717) is 17.8 Å². The molecule has 4 aromatic rings. The number of alkyl halides is 2. The molecule has 0 bridgehead atoms. The summed E-state index contributed by atoms with van der Waals surface area (Å²) in [7, 11) is -2.76. The molecule has 1 saturated carbocycles. The molecular formula is C27H24F2N2O5S2. The number of halogens is 2. The number of nitrogens with zero attached hydrogens (tertiary/aromatic N) is 1. The molecule has 0 spiro atoms. The van der Waals surface area contributed by atoms with Crippen LogP contribution in [0.3, 0.4) is 0 Å². The normalized spacial score (nSPS) is 15.9. The Morgan fingerprint density at radius 2 is 1.82 bits per heavy atom. The highest BCUT2D eigenvalue weighted by atomic mass is 32.2. The van der Waals surface area contributed by atoms with Gasteiger partial charge in [0, 0.05) is 23.8 Å². The van der Waals surface area contributed by atoms with Crippen LogP contribution in [0.4, 0.5) is 14.5 Å². The van der Waals surface area contributed by atoms with Crippen LogP contribution in [-0.2, 0) is 10.0 Å². The van der Waals surface area contributed by atoms with E-state index < -0.39 is 21.9 Å². The molecule has 198 valence electrons. The molecule has 5 rings (SSSR count). The summed E-state index contributed by atoms with van der Waals surface area (Å²) >= 11 is 1.17. The van der Waals surface area contributed by atoms with Crippen molar-refractivity contribution in [3.05, 3.63) is 71.1 Å². The molecule has 1 heterocycles. The van der Waals surface area contributed by atoms with Gasteiger partial charge in [0.25, 0.3) is 10.0 Å². The highest BCUT2D eigenvalue weighted by Crippen LogP contribution is 2.41. The highest BCUT2D eigenvalue weighted by molar-refractivity contribution is 7.92. The average molecular weight is 559 g/mol. The molecule has 1 aliphatic carbocycles. The zero-order valence-electron chi connectivity index (χ0n) is 20.3. The number of fused-ring (bicyclic) bond motifs is 1. The summed E-state index contributed by atoms with van der Waals surface area (Å²) in [6, 6.07) is 15.5. The van der Waals surface area contributed by atoms with Crippen LogP contribution in [0.5, 0.6) is 5.75 Å². The van der Waals surface area contributed by atoms with Gasteiger partial charge in [-0.25, -0.2) is 18.6 Å². The maximum Gasteiger partial charge on any atom is 0.335 e. The Labute approximate surface area is 222 Å². The van der Waals surface area contributed by atoms with Gasteiger partial charge in [0.1, 0.15) is 10.8 Å². The van der Waals surface area contributed by atoms with Crippen molar-refractivity contribution in [2.24, 2.45) is 0 Å². The first-order valence-corrected chi connectivity index (χ1v) is 14.2. The molecule has 0 atom stereocenters. The number of sulfonamides is 1. The van der Waals surface area contributed by atoms with Crippen molar-refractivity contribution >= 4 is 43.8 Å². The Kier molecular flexibility index (Phi) is 6.83. The van der Waals surface area contributed by atoms with E-state index in [9.17, 15) is 22.0 Å². The van der Waals surface area contributed by atoms with Crippen LogP contribution in [0.2, 0.25) is 0 Å². The van der Waals surface area contributed by atoms with E-state index in [4.69, 9.17) is 9.84 Å². The minimum Gasteiger partial charge on any atom is -0.495 e. The fraction of sp³-hybridized carbons (Fsp3) is 0.259. The number of hydrogen-bond donors (Lipinski definition) is 2. The fourth-order valence-corrected chi connectivity index (χ4v) is 6.81. The number of methoxy groups -OCH3 is 1. The molecule has 0 aliphatic heterocycles. The Bertz CT molecular complexity index is 1630. The van der Waals surface area contributed by atoms with Gasteiger partial charge >= 0.3 is 5.97 Å². The Hall–Kier alpha value is -3.57. The number of ether oxygens (including phenoxy) is 1. The van der Waals surface area contributed by atoms with Gasteiger partial charge in [-0.15, -0.1) is 11.3 Å². The number of benzene rings is 3. The number of aromatic carboxylic acids is 1. The molecule has 1 aliphatic rings. The number of aromatic nitrogens is 1. The van der Waals surface area contributed by atoms with Gasteiger partial charge < -0.3 is 9.84 Å². The molecule has 11 heteroatoms. The second kappa shape index (κ2) is 9.95. The van der Waals surface area contributed by atoms with Crippen molar-refractivity contribution in [1.29, 1.82) is 0 Å². The van der Waals surface area contributed by atoms with Gasteiger partial charge in [-0.3, -0.25) is 4.72 Å². The van der Waals surface area contributed by atoms with Gasteiger partial charge in [-0.2, -0.15) is 8.42 Å². The van der Waals surface area contributed by atoms with E-state index in [-0.39, 0.29) is 40.8 Å². The average Bonchev–Trinajstić information content (AvgIpc) is 3.39. The molecule has 3 aromatic carbocycles. The van der Waals surface area contributed by atoms with Gasteiger partial charge in [-0.05, 0) is 59.4 Å². The molecule has 0 radical (unpaired) electrons. The largest absolute Gasteiger partial charge is 0.495 e. The quantitative estimate of drug-likeness (QED) is 0.260. The monoisotopic (exact) mass is 558 g/mol. The summed E-state index contributed by atoms with van der Waals surface area (Å²) in [5.41, 5.74) is 1.81. The Balaban J connectivity index is 1.39. The Morgan fingerprint density at radius 3 is 2.53 bits per heavy atom. The lowest BCUT2D eigenvalue weighted by atomic mass is 9.82. The number of anilines is 1. The first-order chi connectivity index (χ1) is 18.0. The topological polar surface area (TPSA) is 106 Å². The van der Waals surface area contributed by atoms with Crippen LogP contribution >= 0.6 is 11.3 Å². The summed E-state index contributed by atoms with van der Waals surface area (Å²) in [5.74, 6) is -3.58. The van der Waals surface area contributed by atoms with Gasteiger partial charge in [0.2, 0.25) is 5.92 Å². The van der Waals surface area contributed by atoms with E-state index >= 15 is 0 Å². The summed E-state index contributed by atoms with van der Waals surface area (Å²) < 4.78 is 60.8. The molecule has 1 fully saturated rings. The van der Waals surface area contributed by atoms with Crippen LogP contribution in [-0.4, -0.2) is 37.5 Å². The van der Waals surface area contributed by atoms with Gasteiger partial charge in [0.15, 0.2) is 5.03 Å². The van der Waals surface area contributed by atoms with Crippen molar-refractivity contribution in [1.82, 2.24) is 4.98 Å². The zero-order chi connectivity index (χ0) is 27.1. The predicted octanol–water partition coefficient (Wildman–Crippen LogP) is 6.76. The van der Waals surface area contributed by atoms with Crippen molar-refractivity contribution in [2.45, 2.75) is 42.5 Å². The summed E-state index contributed by atoms with van der Waals surface area (Å²) in [6.45, 7) is 0. The number of carboxylic acid groups (broad SMARTS) is 1. The number of hydrogen-bond acceptors (Lipinski definition) is 6. The first-order valence-electron chi connectivity index (χ1n) is 11.9. The predicted molar refractivity (Wildman–Crippen MR) is 142 cm³/mol. The lowest BCUT2D eigenvalue weighted by molar-refractivity contribution is -0.0382. The molecule has 0 amide bonds. The third kappa shape index (κ3) is 5.34. The van der Waals surface area contributed by atoms with Crippen molar-refractivity contribution in [3.8, 4) is 16.3 Å². The second-order valence-corrected chi connectivity index (χ2v) is 11.8. The Morgan fingerprint density at radius 1 is 1.08 bits per heavy atom. The van der Waals surface area contributed by atoms with Crippen LogP contribution in [0.15, 0.2) is 65.0 Å². The number of thiazole rings is 1. The number of nitrogens with one attached hydrogen (secondary N) is 1. The molecule has 38 heavy (non-hydrogen) atoms. The standard InChI is InChI=1S/C27H24F2N2O5S2/c1-36-23-14-20(26(32)33)6-7-22(23)31-38(34,35)24-15-37-25(30-24)19-5-3-16-2-4-18(12-21(16)13-19)17-8-10-27(28,29)11-9-17/h2-7,12-15,17,31H,8-11H2,1H3,(H,32,33). The molecule has 0 saturated heterocycles. The maximum atomic E-state index is 13.6. The second-order valence-electron chi connectivity index (χ2n) is 9.27. The highest BCUT2D eigenvalue weighted by Gasteiger charge is 2.35. The number of rotatable bonds is 7. The van der Waals surface area contributed by atoms with E-state index in [1.807, 2.05) is 36.4 Å². The lowest BCUT2D eigenvalue weighted by Crippen LogP contribution is -2.23. The molecule has 0 unspecified atom stereocenters. The van der Waals surface area contributed by atoms with Crippen molar-refractivity contribution in [3.63, 3.8) is 0 Å². The van der Waals surface area contributed by atoms with Crippen molar-refractivity contribution < 1.29 is 31.8 Å². The van der Waals surface area contributed by atoms with E-state index in [2.05, 4.69) is 9.71 Å². The van der Waals surface area contributed by atoms with Crippen LogP contribution in [0, 0.1) is 0 Å². The third-order valence-corrected chi connectivity index (χ3v) is 9.04. The smallest absolute Gasteiger partial charge is 0.335 e. The summed E-state index contributed by atoms with van der Waals surface area (Å²) in [4.78, 5) is 15.5. The first kappa shape index (κ1) is 26.1. The SMILES string of the molecule is COc1cc(C(=O)O)ccc1NS(=O)(=O)c1csc(-c2ccc3ccc(C4CCC(F)(F)CC4)cc3c2)n1. The summed E-state index contributed by atoms with van der Waals surface area (Å²) in [6.07, 6.45) is 0.691. The van der Waals surface area contributed by atoms with Gasteiger partial charge in [-0.1, -0.05) is 30.3 Å². The van der Waals surface area contributed by atoms with Gasteiger partial charge in [0.05, 0.1) is 18.4 Å². The lowest BCUT2D eigenvalue weighted by Gasteiger charge is -2.28. The van der Waals surface area contributed by atoms with Crippen LogP contribution in [0.1, 0.15) is 47.5 Å². The van der Waals surface area contributed by atoms with Crippen LogP contribution < -0.4 is 9.46 Å². The molecule has 7 nitrogen and oxygen atoms in total. The number of carbonyl (C=O) groups is 1. The van der Waals surface area contributed by atoms with Crippen LogP contribution in [0.25, 0.3) is 21.3 Å². The summed E-state index contributed by atoms with van der Waals surface area (Å²) in [5, 5.41) is 12.8. The van der Waals surface area contributed by atoms with E-state index in [0.717, 1.165) is 21.9 Å². The molecular weight excluding hydrogens is 534 g/mol. The molecule has 1 aromatic heterocycles. The van der Waals surface area contributed by atoms with E-state index in [1.54, 1.807) is 0 Å². The number of carboxylic acids is 1. The van der Waals surface area contributed by atoms with E-state index in [1.165, 1.54) is 42.0 Å². The minimum atomic E-state index is -4.08. The zero-order valence-corrected chi connectivity index (χ0v) is 21.9. The third-order valence-electron chi connectivity index (χ3n) is 6.75. The fourth-order valence-electron chi connectivity index (χ4n) is 4.65. The minimum absolute atomic E-state index is 0.0402. The maximum absolute atomic E-state index is 13.6. The molecule has 2 N–H and O–H groups in total.